The lowest BCUT2D eigenvalue weighted by molar-refractivity contribution is -0.384. The molecule has 0 bridgehead atoms. The number of non-ortho nitro benzene ring substituents is 1. The molecule has 7 nitrogen and oxygen atoms in total. The van der Waals surface area contributed by atoms with E-state index in [0.717, 1.165) is 21.9 Å². The number of halogens is 1. The molecule has 3 rings (SSSR count). The van der Waals surface area contributed by atoms with Crippen LogP contribution in [-0.4, -0.2) is 24.4 Å². The molecule has 0 saturated carbocycles. The lowest BCUT2D eigenvalue weighted by Gasteiger charge is -2.10. The van der Waals surface area contributed by atoms with E-state index in [2.05, 4.69) is 10.5 Å². The van der Waals surface area contributed by atoms with Crippen molar-refractivity contribution in [3.63, 3.8) is 0 Å². The van der Waals surface area contributed by atoms with Crippen LogP contribution in [0.5, 0.6) is 11.5 Å². The van der Waals surface area contributed by atoms with Crippen molar-refractivity contribution >= 4 is 29.2 Å². The molecule has 0 unspecified atom stereocenters. The highest BCUT2D eigenvalue weighted by molar-refractivity contribution is 6.31. The van der Waals surface area contributed by atoms with Crippen LogP contribution in [0.3, 0.4) is 0 Å². The molecule has 0 aliphatic carbocycles. The van der Waals surface area contributed by atoms with Gasteiger partial charge >= 0.3 is 0 Å². The number of nitro groups is 1. The summed E-state index contributed by atoms with van der Waals surface area (Å²) in [6.07, 6.45) is 2.36. The molecule has 0 radical (unpaired) electrons. The van der Waals surface area contributed by atoms with Crippen molar-refractivity contribution in [2.75, 3.05) is 18.6 Å². The summed E-state index contributed by atoms with van der Waals surface area (Å²) in [5, 5.41) is 15.6. The number of para-hydroxylation sites is 1. The van der Waals surface area contributed by atoms with Gasteiger partial charge in [0.15, 0.2) is 0 Å². The van der Waals surface area contributed by atoms with E-state index in [1.807, 2.05) is 49.4 Å². The van der Waals surface area contributed by atoms with Crippen molar-refractivity contribution in [3.05, 3.63) is 93.0 Å². The fourth-order valence-electron chi connectivity index (χ4n) is 2.69. The van der Waals surface area contributed by atoms with Crippen molar-refractivity contribution in [3.8, 4) is 11.5 Å². The molecule has 3 aromatic rings. The number of aryl methyl sites for hydroxylation is 1. The molecule has 0 fully saturated rings. The first kappa shape index (κ1) is 22.1. The zero-order chi connectivity index (χ0) is 22.1. The number of hydrogen-bond acceptors (Lipinski definition) is 6. The van der Waals surface area contributed by atoms with Gasteiger partial charge in [-0.2, -0.15) is 5.10 Å². The number of ether oxygens (including phenoxy) is 2. The molecule has 3 aromatic carbocycles. The van der Waals surface area contributed by atoms with E-state index in [-0.39, 0.29) is 5.69 Å². The second-order valence-electron chi connectivity index (χ2n) is 6.67. The number of nitrogens with zero attached hydrogens (tertiary/aromatic N) is 2. The second kappa shape index (κ2) is 11.0. The number of hydrogen-bond donors (Lipinski definition) is 1. The van der Waals surface area contributed by atoms with Gasteiger partial charge in [0.1, 0.15) is 11.5 Å². The topological polar surface area (TPSA) is 86.0 Å². The van der Waals surface area contributed by atoms with Crippen LogP contribution in [0.1, 0.15) is 17.5 Å². The zero-order valence-corrected chi connectivity index (χ0v) is 17.7. The molecule has 0 heterocycles. The average molecular weight is 440 g/mol. The third-order valence-electron chi connectivity index (χ3n) is 4.34. The number of rotatable bonds is 10. The van der Waals surface area contributed by atoms with E-state index in [1.54, 1.807) is 18.3 Å². The Labute approximate surface area is 185 Å². The molecule has 0 amide bonds. The van der Waals surface area contributed by atoms with Crippen molar-refractivity contribution < 1.29 is 14.4 Å². The molecule has 0 saturated heterocycles. The molecule has 0 atom stereocenters. The second-order valence-corrected chi connectivity index (χ2v) is 7.08. The molecule has 31 heavy (non-hydrogen) atoms. The van der Waals surface area contributed by atoms with Gasteiger partial charge in [0, 0.05) is 29.1 Å². The molecule has 0 aliphatic heterocycles. The van der Waals surface area contributed by atoms with Crippen molar-refractivity contribution in [2.24, 2.45) is 5.10 Å². The first-order valence-electron chi connectivity index (χ1n) is 9.67. The predicted octanol–water partition coefficient (Wildman–Crippen LogP) is 5.85. The van der Waals surface area contributed by atoms with Crippen LogP contribution in [0.15, 0.2) is 71.8 Å². The van der Waals surface area contributed by atoms with E-state index in [9.17, 15) is 10.1 Å². The lowest BCUT2D eigenvalue weighted by Crippen LogP contribution is -2.06. The SMILES string of the molecule is Cc1cc(OCCCOc2ccccc2C=NNc2ccc([N+](=O)[O-])cc2)ccc1Cl. The summed E-state index contributed by atoms with van der Waals surface area (Å²) in [7, 11) is 0. The first-order valence-corrected chi connectivity index (χ1v) is 10.0. The highest BCUT2D eigenvalue weighted by Gasteiger charge is 2.04. The average Bonchev–Trinajstić information content (AvgIpc) is 2.77. The van der Waals surface area contributed by atoms with Gasteiger partial charge in [0.25, 0.3) is 5.69 Å². The summed E-state index contributed by atoms with van der Waals surface area (Å²) in [5.41, 5.74) is 5.32. The van der Waals surface area contributed by atoms with E-state index < -0.39 is 4.92 Å². The van der Waals surface area contributed by atoms with Crippen LogP contribution in [0.25, 0.3) is 0 Å². The largest absolute Gasteiger partial charge is 0.493 e. The highest BCUT2D eigenvalue weighted by atomic mass is 35.5. The minimum absolute atomic E-state index is 0.0310. The number of anilines is 1. The summed E-state index contributed by atoms with van der Waals surface area (Å²) in [6, 6.07) is 19.2. The monoisotopic (exact) mass is 439 g/mol. The van der Waals surface area contributed by atoms with Gasteiger partial charge in [0.05, 0.1) is 30.0 Å². The van der Waals surface area contributed by atoms with Crippen LogP contribution >= 0.6 is 11.6 Å². The fourth-order valence-corrected chi connectivity index (χ4v) is 2.81. The number of hydrazone groups is 1. The smallest absolute Gasteiger partial charge is 0.269 e. The fraction of sp³-hybridized carbons (Fsp3) is 0.174. The van der Waals surface area contributed by atoms with Crippen molar-refractivity contribution in [2.45, 2.75) is 13.3 Å². The van der Waals surface area contributed by atoms with E-state index in [4.69, 9.17) is 21.1 Å². The summed E-state index contributed by atoms with van der Waals surface area (Å²) in [6.45, 7) is 2.96. The van der Waals surface area contributed by atoms with Gasteiger partial charge in [0.2, 0.25) is 0 Å². The Morgan fingerprint density at radius 2 is 1.81 bits per heavy atom. The highest BCUT2D eigenvalue weighted by Crippen LogP contribution is 2.21. The number of nitro benzene ring substituents is 1. The van der Waals surface area contributed by atoms with Crippen molar-refractivity contribution in [1.82, 2.24) is 0 Å². The van der Waals surface area contributed by atoms with Gasteiger partial charge in [-0.25, -0.2) is 0 Å². The molecular weight excluding hydrogens is 418 g/mol. The molecule has 160 valence electrons. The Hall–Kier alpha value is -3.58. The zero-order valence-electron chi connectivity index (χ0n) is 17.0. The maximum absolute atomic E-state index is 10.7. The van der Waals surface area contributed by atoms with Gasteiger partial charge in [-0.1, -0.05) is 23.7 Å². The Morgan fingerprint density at radius 1 is 1.06 bits per heavy atom. The standard InChI is InChI=1S/C23H22ClN3O4/c1-17-15-21(11-12-22(17)24)30-13-4-14-31-23-6-3-2-5-18(23)16-25-26-19-7-9-20(10-8-19)27(28)29/h2-3,5-12,15-16,26H,4,13-14H2,1H3. The molecule has 1 N–H and O–H groups in total. The van der Waals surface area contributed by atoms with Crippen LogP contribution in [-0.2, 0) is 0 Å². The lowest BCUT2D eigenvalue weighted by atomic mass is 10.2. The number of benzene rings is 3. The third kappa shape index (κ3) is 6.72. The Bertz CT molecular complexity index is 1050. The van der Waals surface area contributed by atoms with Crippen LogP contribution in [0.4, 0.5) is 11.4 Å². The summed E-state index contributed by atoms with van der Waals surface area (Å²) < 4.78 is 11.6. The third-order valence-corrected chi connectivity index (χ3v) is 4.76. The quantitative estimate of drug-likeness (QED) is 0.185. The first-order chi connectivity index (χ1) is 15.0. The molecule has 0 aromatic heterocycles. The van der Waals surface area contributed by atoms with Crippen LogP contribution in [0, 0.1) is 17.0 Å². The van der Waals surface area contributed by atoms with Crippen molar-refractivity contribution in [1.29, 1.82) is 0 Å². The maximum atomic E-state index is 10.7. The van der Waals surface area contributed by atoms with E-state index in [0.29, 0.717) is 31.1 Å². The van der Waals surface area contributed by atoms with Gasteiger partial charge in [-0.3, -0.25) is 15.5 Å². The Kier molecular flexibility index (Phi) is 7.84. The van der Waals surface area contributed by atoms with Crippen LogP contribution < -0.4 is 14.9 Å². The molecular formula is C23H22ClN3O4. The van der Waals surface area contributed by atoms with Gasteiger partial charge in [-0.15, -0.1) is 0 Å². The van der Waals surface area contributed by atoms with Crippen LogP contribution in [0.2, 0.25) is 5.02 Å². The molecule has 0 aliphatic rings. The van der Waals surface area contributed by atoms with Gasteiger partial charge in [-0.05, 0) is 55.0 Å². The predicted molar refractivity (Wildman–Crippen MR) is 123 cm³/mol. The Balaban J connectivity index is 1.47. The normalized spacial score (nSPS) is 10.8. The summed E-state index contributed by atoms with van der Waals surface area (Å²) in [4.78, 5) is 10.3. The maximum Gasteiger partial charge on any atom is 0.269 e. The molecule has 8 heteroatoms. The van der Waals surface area contributed by atoms with E-state index >= 15 is 0 Å². The van der Waals surface area contributed by atoms with Gasteiger partial charge < -0.3 is 9.47 Å². The molecule has 0 spiro atoms. The minimum atomic E-state index is -0.442. The minimum Gasteiger partial charge on any atom is -0.493 e. The van der Waals surface area contributed by atoms with E-state index in [1.165, 1.54) is 12.1 Å². The Morgan fingerprint density at radius 3 is 2.55 bits per heavy atom. The summed E-state index contributed by atoms with van der Waals surface area (Å²) in [5.74, 6) is 1.49. The number of nitrogens with one attached hydrogen (secondary N) is 1. The summed E-state index contributed by atoms with van der Waals surface area (Å²) >= 11 is 6.02.